The molecule has 122 valence electrons. The van der Waals surface area contributed by atoms with Gasteiger partial charge in [0.1, 0.15) is 12.4 Å². The second kappa shape index (κ2) is 7.08. The number of carbonyl (C=O) groups is 1. The number of sulfonamides is 1. The lowest BCUT2D eigenvalue weighted by molar-refractivity contribution is -0.129. The van der Waals surface area contributed by atoms with Crippen LogP contribution in [-0.4, -0.2) is 53.0 Å². The Kier molecular flexibility index (Phi) is 5.38. The van der Waals surface area contributed by atoms with E-state index in [4.69, 9.17) is 9.47 Å². The van der Waals surface area contributed by atoms with Crippen LogP contribution in [0.25, 0.3) is 0 Å². The molecule has 2 rings (SSSR count). The summed E-state index contributed by atoms with van der Waals surface area (Å²) in [5.74, 6) is 0.501. The molecule has 1 fully saturated rings. The zero-order chi connectivity index (χ0) is 16.2. The van der Waals surface area contributed by atoms with Crippen LogP contribution in [0.5, 0.6) is 5.75 Å². The van der Waals surface area contributed by atoms with Gasteiger partial charge >= 0.3 is 0 Å². The Balaban J connectivity index is 2.06. The van der Waals surface area contributed by atoms with Gasteiger partial charge in [-0.25, -0.2) is 13.1 Å². The van der Waals surface area contributed by atoms with Crippen molar-refractivity contribution >= 4 is 21.6 Å². The molecule has 1 amide bonds. The zero-order valence-electron chi connectivity index (χ0n) is 12.6. The van der Waals surface area contributed by atoms with Gasteiger partial charge in [-0.1, -0.05) is 6.07 Å². The van der Waals surface area contributed by atoms with Crippen LogP contribution in [0.3, 0.4) is 0 Å². The molecule has 0 radical (unpaired) electrons. The summed E-state index contributed by atoms with van der Waals surface area (Å²) in [6.45, 7) is 1.92. The average Bonchev–Trinajstić information content (AvgIpc) is 2.54. The number of morpholine rings is 1. The van der Waals surface area contributed by atoms with Crippen molar-refractivity contribution in [1.29, 1.82) is 0 Å². The van der Waals surface area contributed by atoms with Gasteiger partial charge in [0, 0.05) is 18.3 Å². The molecular formula is C14H20N2O5S. The van der Waals surface area contributed by atoms with Crippen molar-refractivity contribution in [3.63, 3.8) is 0 Å². The molecule has 22 heavy (non-hydrogen) atoms. The summed E-state index contributed by atoms with van der Waals surface area (Å²) in [5.41, 5.74) is 0.705. The number of ether oxygens (including phenoxy) is 2. The Morgan fingerprint density at radius 1 is 1.45 bits per heavy atom. The Bertz CT molecular complexity index is 632. The van der Waals surface area contributed by atoms with E-state index in [1.165, 1.54) is 0 Å². The zero-order valence-corrected chi connectivity index (χ0v) is 13.4. The van der Waals surface area contributed by atoms with Crippen LogP contribution >= 0.6 is 0 Å². The van der Waals surface area contributed by atoms with Crippen LogP contribution in [-0.2, 0) is 19.6 Å². The van der Waals surface area contributed by atoms with Crippen molar-refractivity contribution in [3.8, 4) is 5.75 Å². The number of hydrogen-bond acceptors (Lipinski definition) is 5. The topological polar surface area (TPSA) is 84.9 Å². The van der Waals surface area contributed by atoms with Gasteiger partial charge in [-0.2, -0.15) is 0 Å². The third kappa shape index (κ3) is 4.19. The third-order valence-corrected chi connectivity index (χ3v) is 4.77. The summed E-state index contributed by atoms with van der Waals surface area (Å²) in [6, 6.07) is 7.16. The Hall–Kier alpha value is -1.64. The highest BCUT2D eigenvalue weighted by molar-refractivity contribution is 7.89. The van der Waals surface area contributed by atoms with Crippen molar-refractivity contribution in [1.82, 2.24) is 4.72 Å². The van der Waals surface area contributed by atoms with Gasteiger partial charge in [0.2, 0.25) is 10.0 Å². The first kappa shape index (κ1) is 16.7. The molecule has 1 aromatic rings. The minimum absolute atomic E-state index is 0.0122. The highest BCUT2D eigenvalue weighted by atomic mass is 32.2. The quantitative estimate of drug-likeness (QED) is 0.815. The fourth-order valence-electron chi connectivity index (χ4n) is 2.10. The molecule has 0 aromatic heterocycles. The molecule has 1 heterocycles. The van der Waals surface area contributed by atoms with Gasteiger partial charge < -0.3 is 14.4 Å². The maximum Gasteiger partial charge on any atom is 0.253 e. The van der Waals surface area contributed by atoms with Crippen molar-refractivity contribution in [2.75, 3.05) is 37.5 Å². The van der Waals surface area contributed by atoms with Crippen LogP contribution in [0.4, 0.5) is 5.69 Å². The molecule has 0 saturated carbocycles. The van der Waals surface area contributed by atoms with Crippen molar-refractivity contribution in [2.45, 2.75) is 13.0 Å². The number of amides is 1. The predicted molar refractivity (Wildman–Crippen MR) is 82.6 cm³/mol. The van der Waals surface area contributed by atoms with Crippen molar-refractivity contribution < 1.29 is 22.7 Å². The van der Waals surface area contributed by atoms with Gasteiger partial charge in [-0.3, -0.25) is 4.79 Å². The molecular weight excluding hydrogens is 308 g/mol. The van der Waals surface area contributed by atoms with Crippen LogP contribution in [0.2, 0.25) is 0 Å². The number of rotatable bonds is 6. The Morgan fingerprint density at radius 2 is 2.23 bits per heavy atom. The smallest absolute Gasteiger partial charge is 0.253 e. The highest BCUT2D eigenvalue weighted by Crippen LogP contribution is 2.23. The number of hydrogen-bond donors (Lipinski definition) is 1. The van der Waals surface area contributed by atoms with Gasteiger partial charge in [0.25, 0.3) is 5.91 Å². The maximum atomic E-state index is 12.0. The summed E-state index contributed by atoms with van der Waals surface area (Å²) >= 11 is 0. The second-order valence-electron chi connectivity index (χ2n) is 4.89. The summed E-state index contributed by atoms with van der Waals surface area (Å²) in [4.78, 5) is 13.6. The van der Waals surface area contributed by atoms with Crippen LogP contribution in [0, 0.1) is 0 Å². The van der Waals surface area contributed by atoms with E-state index in [9.17, 15) is 13.2 Å². The van der Waals surface area contributed by atoms with Crippen LogP contribution < -0.4 is 14.4 Å². The molecule has 1 aliphatic rings. The summed E-state index contributed by atoms with van der Waals surface area (Å²) in [6.07, 6.45) is -0.384. The van der Waals surface area contributed by atoms with E-state index in [1.807, 2.05) is 0 Å². The first-order valence-corrected chi connectivity index (χ1v) is 8.63. The van der Waals surface area contributed by atoms with E-state index in [0.717, 1.165) is 0 Å². The minimum Gasteiger partial charge on any atom is -0.497 e. The van der Waals surface area contributed by atoms with E-state index in [2.05, 4.69) is 4.72 Å². The van der Waals surface area contributed by atoms with Crippen molar-refractivity contribution in [3.05, 3.63) is 24.3 Å². The van der Waals surface area contributed by atoms with E-state index in [0.29, 0.717) is 11.4 Å². The molecule has 8 heteroatoms. The molecule has 1 unspecified atom stereocenters. The third-order valence-electron chi connectivity index (χ3n) is 3.41. The van der Waals surface area contributed by atoms with Gasteiger partial charge in [0.05, 0.1) is 25.5 Å². The number of carbonyl (C=O) groups excluding carboxylic acids is 1. The fourth-order valence-corrected chi connectivity index (χ4v) is 2.74. The van der Waals surface area contributed by atoms with E-state index >= 15 is 0 Å². The molecule has 0 aliphatic carbocycles. The SMILES string of the molecule is CCS(=O)(=O)NCC1CN(c2cccc(OC)c2)C(=O)CO1. The molecule has 1 saturated heterocycles. The monoisotopic (exact) mass is 328 g/mol. The molecule has 0 bridgehead atoms. The molecule has 1 N–H and O–H groups in total. The number of nitrogens with zero attached hydrogens (tertiary/aromatic N) is 1. The average molecular weight is 328 g/mol. The molecule has 1 aliphatic heterocycles. The lowest BCUT2D eigenvalue weighted by Gasteiger charge is -2.33. The fraction of sp³-hybridized carbons (Fsp3) is 0.500. The maximum absolute atomic E-state index is 12.0. The summed E-state index contributed by atoms with van der Waals surface area (Å²) in [7, 11) is -1.72. The Labute approximate surface area is 130 Å². The number of benzene rings is 1. The summed E-state index contributed by atoms with van der Waals surface area (Å²) < 4.78 is 36.0. The lowest BCUT2D eigenvalue weighted by atomic mass is 10.2. The van der Waals surface area contributed by atoms with Gasteiger partial charge in [-0.05, 0) is 19.1 Å². The Morgan fingerprint density at radius 3 is 2.91 bits per heavy atom. The standard InChI is InChI=1S/C14H20N2O5S/c1-3-22(18,19)15-8-13-9-16(14(17)10-21-13)11-5-4-6-12(7-11)20-2/h4-7,13,15H,3,8-10H2,1-2H3. The first-order chi connectivity index (χ1) is 10.4. The second-order valence-corrected chi connectivity index (χ2v) is 6.99. The van der Waals surface area contributed by atoms with E-state index in [1.54, 1.807) is 43.2 Å². The van der Waals surface area contributed by atoms with Crippen LogP contribution in [0.15, 0.2) is 24.3 Å². The van der Waals surface area contributed by atoms with E-state index < -0.39 is 10.0 Å². The van der Waals surface area contributed by atoms with E-state index in [-0.39, 0.29) is 37.5 Å². The first-order valence-electron chi connectivity index (χ1n) is 6.98. The minimum atomic E-state index is -3.28. The predicted octanol–water partition coefficient (Wildman–Crippen LogP) is 0.366. The number of anilines is 1. The highest BCUT2D eigenvalue weighted by Gasteiger charge is 2.28. The largest absolute Gasteiger partial charge is 0.497 e. The lowest BCUT2D eigenvalue weighted by Crippen LogP contribution is -2.50. The van der Waals surface area contributed by atoms with Crippen LogP contribution in [0.1, 0.15) is 6.92 Å². The molecule has 1 aromatic carbocycles. The number of nitrogens with one attached hydrogen (secondary N) is 1. The molecule has 7 nitrogen and oxygen atoms in total. The summed E-state index contributed by atoms with van der Waals surface area (Å²) in [5, 5.41) is 0. The number of methoxy groups -OCH3 is 1. The van der Waals surface area contributed by atoms with Gasteiger partial charge in [-0.15, -0.1) is 0 Å². The van der Waals surface area contributed by atoms with Gasteiger partial charge in [0.15, 0.2) is 0 Å². The molecule has 0 spiro atoms. The van der Waals surface area contributed by atoms with Crippen molar-refractivity contribution in [2.24, 2.45) is 0 Å². The normalized spacial score (nSPS) is 19.3. The molecule has 1 atom stereocenters.